The van der Waals surface area contributed by atoms with E-state index in [9.17, 15) is 4.79 Å². The molecule has 3 heteroatoms. The molecule has 2 rings (SSSR count). The molecular formula is C14H20N2O. The van der Waals surface area contributed by atoms with Crippen LogP contribution in [0.2, 0.25) is 0 Å². The van der Waals surface area contributed by atoms with Crippen molar-refractivity contribution in [3.8, 4) is 0 Å². The fourth-order valence-electron chi connectivity index (χ4n) is 2.33. The van der Waals surface area contributed by atoms with Crippen LogP contribution in [-0.2, 0) is 4.79 Å². The summed E-state index contributed by atoms with van der Waals surface area (Å²) in [5, 5.41) is 6.46. The molecule has 92 valence electrons. The van der Waals surface area contributed by atoms with Crippen LogP contribution in [0.5, 0.6) is 0 Å². The summed E-state index contributed by atoms with van der Waals surface area (Å²) < 4.78 is 0. The summed E-state index contributed by atoms with van der Waals surface area (Å²) in [7, 11) is 0. The third kappa shape index (κ3) is 3.07. The van der Waals surface area contributed by atoms with Crippen LogP contribution < -0.4 is 10.6 Å². The van der Waals surface area contributed by atoms with Gasteiger partial charge in [-0.05, 0) is 31.4 Å². The molecule has 1 heterocycles. The molecule has 3 nitrogen and oxygen atoms in total. The largest absolute Gasteiger partial charge is 0.352 e. The molecule has 0 bridgehead atoms. The van der Waals surface area contributed by atoms with Crippen molar-refractivity contribution in [2.24, 2.45) is 0 Å². The van der Waals surface area contributed by atoms with E-state index >= 15 is 0 Å². The van der Waals surface area contributed by atoms with Crippen molar-refractivity contribution in [2.45, 2.75) is 38.8 Å². The Morgan fingerprint density at radius 1 is 1.47 bits per heavy atom. The van der Waals surface area contributed by atoms with Crippen LogP contribution in [0.4, 0.5) is 0 Å². The highest BCUT2D eigenvalue weighted by atomic mass is 16.1. The van der Waals surface area contributed by atoms with Crippen molar-refractivity contribution in [1.29, 1.82) is 0 Å². The van der Waals surface area contributed by atoms with Crippen LogP contribution in [0.25, 0.3) is 0 Å². The van der Waals surface area contributed by atoms with Crippen LogP contribution in [0.3, 0.4) is 0 Å². The zero-order valence-corrected chi connectivity index (χ0v) is 10.5. The molecule has 0 radical (unpaired) electrons. The van der Waals surface area contributed by atoms with Crippen LogP contribution in [-0.4, -0.2) is 18.5 Å². The lowest BCUT2D eigenvalue weighted by atomic mass is 10.0. The number of carbonyl (C=O) groups excluding carboxylic acids is 1. The normalized spacial score (nSPS) is 21.3. The van der Waals surface area contributed by atoms with Crippen LogP contribution in [0, 0.1) is 6.92 Å². The van der Waals surface area contributed by atoms with Gasteiger partial charge in [0.25, 0.3) is 0 Å². The Hall–Kier alpha value is -1.35. The number of benzene rings is 1. The molecule has 1 aromatic carbocycles. The summed E-state index contributed by atoms with van der Waals surface area (Å²) in [5.74, 6) is 0.181. The Morgan fingerprint density at radius 2 is 2.24 bits per heavy atom. The standard InChI is InChI=1S/C14H20N2O/c1-10-5-3-4-6-13(10)11(2)15-9-12-7-8-14(17)16-12/h3-6,11-12,15H,7-9H2,1-2H3,(H,16,17)/t11-,12?/m0/s1. The van der Waals surface area contributed by atoms with E-state index in [0.717, 1.165) is 13.0 Å². The van der Waals surface area contributed by atoms with E-state index in [0.29, 0.717) is 18.5 Å². The lowest BCUT2D eigenvalue weighted by Gasteiger charge is -2.19. The number of amides is 1. The first-order chi connectivity index (χ1) is 8.16. The van der Waals surface area contributed by atoms with Gasteiger partial charge in [-0.15, -0.1) is 0 Å². The maximum Gasteiger partial charge on any atom is 0.220 e. The second-order valence-electron chi connectivity index (χ2n) is 4.79. The van der Waals surface area contributed by atoms with Gasteiger partial charge in [0.1, 0.15) is 0 Å². The number of nitrogens with one attached hydrogen (secondary N) is 2. The number of rotatable bonds is 4. The van der Waals surface area contributed by atoms with Crippen molar-refractivity contribution in [3.05, 3.63) is 35.4 Å². The fraction of sp³-hybridized carbons (Fsp3) is 0.500. The number of carbonyl (C=O) groups is 1. The molecule has 1 amide bonds. The predicted octanol–water partition coefficient (Wildman–Crippen LogP) is 1.92. The topological polar surface area (TPSA) is 41.1 Å². The molecule has 0 spiro atoms. The van der Waals surface area contributed by atoms with Crippen molar-refractivity contribution in [3.63, 3.8) is 0 Å². The molecule has 1 aromatic rings. The van der Waals surface area contributed by atoms with Crippen molar-refractivity contribution in [2.75, 3.05) is 6.54 Å². The maximum absolute atomic E-state index is 11.1. The van der Waals surface area contributed by atoms with Gasteiger partial charge in [-0.3, -0.25) is 4.79 Å². The van der Waals surface area contributed by atoms with Gasteiger partial charge >= 0.3 is 0 Å². The Bertz CT molecular complexity index is 403. The molecule has 2 atom stereocenters. The number of hydrogen-bond donors (Lipinski definition) is 2. The van der Waals surface area contributed by atoms with E-state index in [1.807, 2.05) is 0 Å². The minimum absolute atomic E-state index is 0.181. The van der Waals surface area contributed by atoms with Gasteiger partial charge in [0.15, 0.2) is 0 Å². The second-order valence-corrected chi connectivity index (χ2v) is 4.79. The fourth-order valence-corrected chi connectivity index (χ4v) is 2.33. The quantitative estimate of drug-likeness (QED) is 0.832. The highest BCUT2D eigenvalue weighted by Crippen LogP contribution is 2.17. The molecular weight excluding hydrogens is 212 g/mol. The summed E-state index contributed by atoms with van der Waals surface area (Å²) in [5.41, 5.74) is 2.64. The van der Waals surface area contributed by atoms with Gasteiger partial charge in [0.05, 0.1) is 0 Å². The summed E-state index contributed by atoms with van der Waals surface area (Å²) in [6.45, 7) is 5.14. The summed E-state index contributed by atoms with van der Waals surface area (Å²) in [6, 6.07) is 9.04. The summed E-state index contributed by atoms with van der Waals surface area (Å²) >= 11 is 0. The predicted molar refractivity (Wildman–Crippen MR) is 68.8 cm³/mol. The lowest BCUT2D eigenvalue weighted by molar-refractivity contribution is -0.119. The molecule has 1 aliphatic rings. The molecule has 1 fully saturated rings. The Balaban J connectivity index is 1.87. The van der Waals surface area contributed by atoms with Crippen molar-refractivity contribution in [1.82, 2.24) is 10.6 Å². The summed E-state index contributed by atoms with van der Waals surface area (Å²) in [4.78, 5) is 11.1. The molecule has 2 N–H and O–H groups in total. The zero-order chi connectivity index (χ0) is 12.3. The summed E-state index contributed by atoms with van der Waals surface area (Å²) in [6.07, 6.45) is 1.62. The Morgan fingerprint density at radius 3 is 2.88 bits per heavy atom. The van der Waals surface area contributed by atoms with E-state index in [2.05, 4.69) is 48.7 Å². The van der Waals surface area contributed by atoms with Gasteiger partial charge in [0.2, 0.25) is 5.91 Å². The van der Waals surface area contributed by atoms with E-state index < -0.39 is 0 Å². The Kier molecular flexibility index (Phi) is 3.79. The van der Waals surface area contributed by atoms with Gasteiger partial charge in [-0.25, -0.2) is 0 Å². The maximum atomic E-state index is 11.1. The molecule has 17 heavy (non-hydrogen) atoms. The van der Waals surface area contributed by atoms with Crippen LogP contribution in [0.1, 0.15) is 36.9 Å². The van der Waals surface area contributed by atoms with Crippen LogP contribution >= 0.6 is 0 Å². The van der Waals surface area contributed by atoms with E-state index in [1.165, 1.54) is 11.1 Å². The number of hydrogen-bond acceptors (Lipinski definition) is 2. The first-order valence-electron chi connectivity index (χ1n) is 6.25. The average Bonchev–Trinajstić information content (AvgIpc) is 2.73. The third-order valence-electron chi connectivity index (χ3n) is 3.41. The number of aryl methyl sites for hydroxylation is 1. The lowest BCUT2D eigenvalue weighted by Crippen LogP contribution is -2.36. The molecule has 0 aliphatic carbocycles. The van der Waals surface area contributed by atoms with Gasteiger partial charge in [0, 0.05) is 25.0 Å². The van der Waals surface area contributed by atoms with Crippen LogP contribution in [0.15, 0.2) is 24.3 Å². The van der Waals surface area contributed by atoms with Crippen molar-refractivity contribution < 1.29 is 4.79 Å². The van der Waals surface area contributed by atoms with Gasteiger partial charge < -0.3 is 10.6 Å². The molecule has 1 aliphatic heterocycles. The van der Waals surface area contributed by atoms with E-state index in [4.69, 9.17) is 0 Å². The zero-order valence-electron chi connectivity index (χ0n) is 10.5. The SMILES string of the molecule is Cc1ccccc1[C@H](C)NCC1CCC(=O)N1. The molecule has 0 saturated carbocycles. The molecule has 1 saturated heterocycles. The highest BCUT2D eigenvalue weighted by molar-refractivity contribution is 5.78. The molecule has 0 aromatic heterocycles. The Labute approximate surface area is 103 Å². The first-order valence-corrected chi connectivity index (χ1v) is 6.25. The van der Waals surface area contributed by atoms with Gasteiger partial charge in [-0.2, -0.15) is 0 Å². The minimum Gasteiger partial charge on any atom is -0.352 e. The van der Waals surface area contributed by atoms with E-state index in [1.54, 1.807) is 0 Å². The van der Waals surface area contributed by atoms with Gasteiger partial charge in [-0.1, -0.05) is 24.3 Å². The van der Waals surface area contributed by atoms with E-state index in [-0.39, 0.29) is 5.91 Å². The monoisotopic (exact) mass is 232 g/mol. The molecule has 1 unspecified atom stereocenters. The third-order valence-corrected chi connectivity index (χ3v) is 3.41. The second kappa shape index (κ2) is 5.32. The highest BCUT2D eigenvalue weighted by Gasteiger charge is 2.20. The minimum atomic E-state index is 0.181. The first kappa shape index (κ1) is 12.1. The van der Waals surface area contributed by atoms with Crippen molar-refractivity contribution >= 4 is 5.91 Å². The average molecular weight is 232 g/mol. The smallest absolute Gasteiger partial charge is 0.220 e.